The molecule has 1 saturated heterocycles. The predicted molar refractivity (Wildman–Crippen MR) is 140 cm³/mol. The first-order chi connectivity index (χ1) is 16.2. The van der Waals surface area contributed by atoms with Crippen LogP contribution in [0.2, 0.25) is 0 Å². The van der Waals surface area contributed by atoms with Gasteiger partial charge in [-0.05, 0) is 115 Å². The number of esters is 1. The summed E-state index contributed by atoms with van der Waals surface area (Å²) in [4.78, 5) is 11.9. The number of rotatable bonds is 1. The molecule has 5 aliphatic carbocycles. The van der Waals surface area contributed by atoms with Gasteiger partial charge in [0.05, 0.1) is 12.7 Å². The molecule has 0 radical (unpaired) electrons. The van der Waals surface area contributed by atoms with Gasteiger partial charge in [0.25, 0.3) is 0 Å². The molecule has 6 rings (SSSR count). The third-order valence-electron chi connectivity index (χ3n) is 14.4. The standard InChI is InChI=1S/C32H52O3/c1-20(33)35-24-12-13-29(6)22(28(24,4)5)11-14-31(8)23(29)10-9-21-25-26-27(2,3)15-17-32(25,19-34-26)18-16-30(21,31)7/h21-26H,9-19H2,1-8H3/t21-,22-,23-,24+,25-,26-,29+,30-,31-,32-/m1/s1. The summed E-state index contributed by atoms with van der Waals surface area (Å²) in [5.41, 5.74) is 2.00. The van der Waals surface area contributed by atoms with E-state index >= 15 is 0 Å². The quantitative estimate of drug-likeness (QED) is 0.356. The van der Waals surface area contributed by atoms with Gasteiger partial charge in [0, 0.05) is 12.3 Å². The Morgan fingerprint density at radius 2 is 1.49 bits per heavy atom. The number of carbonyl (C=O) groups is 1. The molecule has 1 heterocycles. The summed E-state index contributed by atoms with van der Waals surface area (Å²) in [7, 11) is 0. The summed E-state index contributed by atoms with van der Waals surface area (Å²) in [5, 5.41) is 0. The van der Waals surface area contributed by atoms with Crippen LogP contribution >= 0.6 is 0 Å². The molecule has 1 aliphatic heterocycles. The fraction of sp³-hybridized carbons (Fsp3) is 0.969. The molecule has 0 N–H and O–H groups in total. The number of hydrogen-bond acceptors (Lipinski definition) is 3. The minimum Gasteiger partial charge on any atom is -0.462 e. The first-order valence-electron chi connectivity index (χ1n) is 15.0. The first-order valence-corrected chi connectivity index (χ1v) is 15.0. The minimum atomic E-state index is -0.108. The highest BCUT2D eigenvalue weighted by atomic mass is 16.5. The summed E-state index contributed by atoms with van der Waals surface area (Å²) in [6.45, 7) is 20.5. The van der Waals surface area contributed by atoms with Crippen molar-refractivity contribution in [2.45, 2.75) is 132 Å². The van der Waals surface area contributed by atoms with Crippen LogP contribution in [-0.4, -0.2) is 24.8 Å². The third-order valence-corrected chi connectivity index (χ3v) is 14.4. The molecule has 3 nitrogen and oxygen atoms in total. The zero-order valence-corrected chi connectivity index (χ0v) is 24.0. The van der Waals surface area contributed by atoms with E-state index in [1.54, 1.807) is 6.92 Å². The van der Waals surface area contributed by atoms with Crippen LogP contribution in [0.5, 0.6) is 0 Å². The molecule has 6 aliphatic rings. The zero-order chi connectivity index (χ0) is 25.2. The predicted octanol–water partition coefficient (Wildman–Crippen LogP) is 7.81. The maximum absolute atomic E-state index is 11.9. The van der Waals surface area contributed by atoms with Gasteiger partial charge in [-0.3, -0.25) is 4.79 Å². The van der Waals surface area contributed by atoms with Gasteiger partial charge >= 0.3 is 5.97 Å². The highest BCUT2D eigenvalue weighted by molar-refractivity contribution is 5.66. The number of hydrogen-bond donors (Lipinski definition) is 0. The van der Waals surface area contributed by atoms with Gasteiger partial charge in [-0.1, -0.05) is 48.5 Å². The Balaban J connectivity index is 1.35. The molecule has 0 aromatic heterocycles. The van der Waals surface area contributed by atoms with Crippen molar-refractivity contribution in [1.82, 2.24) is 0 Å². The Morgan fingerprint density at radius 3 is 2.20 bits per heavy atom. The second kappa shape index (κ2) is 7.29. The molecular formula is C32H52O3. The molecule has 5 saturated carbocycles. The molecule has 0 aromatic carbocycles. The van der Waals surface area contributed by atoms with Crippen LogP contribution in [0.25, 0.3) is 0 Å². The van der Waals surface area contributed by atoms with E-state index in [1.165, 1.54) is 57.8 Å². The van der Waals surface area contributed by atoms with Crippen LogP contribution in [0.15, 0.2) is 0 Å². The number of ether oxygens (including phenoxy) is 2. The van der Waals surface area contributed by atoms with E-state index in [0.29, 0.717) is 39.1 Å². The molecule has 6 fully saturated rings. The van der Waals surface area contributed by atoms with Crippen molar-refractivity contribution in [3.8, 4) is 0 Å². The van der Waals surface area contributed by atoms with E-state index in [0.717, 1.165) is 30.8 Å². The summed E-state index contributed by atoms with van der Waals surface area (Å²) in [6.07, 6.45) is 13.7. The van der Waals surface area contributed by atoms with E-state index in [1.807, 2.05) is 0 Å². The molecule has 0 amide bonds. The van der Waals surface area contributed by atoms with E-state index in [-0.39, 0.29) is 17.5 Å². The van der Waals surface area contributed by atoms with Crippen molar-refractivity contribution in [1.29, 1.82) is 0 Å². The summed E-state index contributed by atoms with van der Waals surface area (Å²) < 4.78 is 12.7. The monoisotopic (exact) mass is 484 g/mol. The lowest BCUT2D eigenvalue weighted by molar-refractivity contribution is -0.254. The largest absolute Gasteiger partial charge is 0.462 e. The van der Waals surface area contributed by atoms with Crippen LogP contribution in [0.3, 0.4) is 0 Å². The second-order valence-electron chi connectivity index (χ2n) is 16.2. The van der Waals surface area contributed by atoms with E-state index in [4.69, 9.17) is 9.47 Å². The minimum absolute atomic E-state index is 0.0503. The third kappa shape index (κ3) is 2.97. The van der Waals surface area contributed by atoms with Crippen molar-refractivity contribution >= 4 is 5.97 Å². The van der Waals surface area contributed by atoms with Crippen LogP contribution in [0.4, 0.5) is 0 Å². The SMILES string of the molecule is CC(=O)O[C@H]1CC[C@@]2(C)[C@H](CC[C@]3(C)[C@@H]2CC[C@@H]2[C@@H]4[C@H]5OC[C@@]4(CCC5(C)C)CC[C@]23C)C1(C)C. The lowest BCUT2D eigenvalue weighted by atomic mass is 9.31. The average Bonchev–Trinajstić information content (AvgIpc) is 3.10. The molecule has 35 heavy (non-hydrogen) atoms. The van der Waals surface area contributed by atoms with E-state index < -0.39 is 0 Å². The van der Waals surface area contributed by atoms with Gasteiger partial charge in [0.15, 0.2) is 0 Å². The Labute approximate surface area is 214 Å². The average molecular weight is 485 g/mol. The van der Waals surface area contributed by atoms with Crippen LogP contribution in [-0.2, 0) is 14.3 Å². The lowest BCUT2D eigenvalue weighted by Gasteiger charge is -2.73. The van der Waals surface area contributed by atoms with Crippen molar-refractivity contribution in [3.05, 3.63) is 0 Å². The summed E-state index contributed by atoms with van der Waals surface area (Å²) in [5.74, 6) is 2.88. The highest BCUT2D eigenvalue weighted by Crippen LogP contribution is 2.78. The van der Waals surface area contributed by atoms with E-state index in [2.05, 4.69) is 48.5 Å². The number of carbonyl (C=O) groups excluding carboxylic acids is 1. The maximum Gasteiger partial charge on any atom is 0.302 e. The van der Waals surface area contributed by atoms with Crippen molar-refractivity contribution in [3.63, 3.8) is 0 Å². The second-order valence-corrected chi connectivity index (χ2v) is 16.2. The molecular weight excluding hydrogens is 432 g/mol. The Bertz CT molecular complexity index is 906. The molecule has 0 unspecified atom stereocenters. The molecule has 10 atom stereocenters. The Morgan fingerprint density at radius 1 is 0.771 bits per heavy atom. The van der Waals surface area contributed by atoms with Crippen LogP contribution < -0.4 is 0 Å². The topological polar surface area (TPSA) is 35.5 Å². The van der Waals surface area contributed by atoms with Crippen LogP contribution in [0.1, 0.15) is 120 Å². The summed E-state index contributed by atoms with van der Waals surface area (Å²) in [6, 6.07) is 0. The fourth-order valence-electron chi connectivity index (χ4n) is 12.4. The Hall–Kier alpha value is -0.570. The molecule has 0 spiro atoms. The smallest absolute Gasteiger partial charge is 0.302 e. The molecule has 198 valence electrons. The maximum atomic E-state index is 11.9. The van der Waals surface area contributed by atoms with Gasteiger partial charge in [-0.2, -0.15) is 0 Å². The van der Waals surface area contributed by atoms with Gasteiger partial charge in [0.2, 0.25) is 0 Å². The van der Waals surface area contributed by atoms with Crippen LogP contribution in [0, 0.1) is 56.2 Å². The lowest BCUT2D eigenvalue weighted by Crippen LogP contribution is -2.67. The van der Waals surface area contributed by atoms with Gasteiger partial charge < -0.3 is 9.47 Å². The van der Waals surface area contributed by atoms with E-state index in [9.17, 15) is 4.79 Å². The fourth-order valence-corrected chi connectivity index (χ4v) is 12.4. The van der Waals surface area contributed by atoms with Crippen molar-refractivity contribution < 1.29 is 14.3 Å². The molecule has 0 aromatic rings. The van der Waals surface area contributed by atoms with Crippen molar-refractivity contribution in [2.75, 3.05) is 6.61 Å². The van der Waals surface area contributed by atoms with Gasteiger partial charge in [0.1, 0.15) is 6.10 Å². The van der Waals surface area contributed by atoms with Crippen molar-refractivity contribution in [2.24, 2.45) is 56.2 Å². The number of fused-ring (bicyclic) bond motifs is 5. The molecule has 3 heteroatoms. The van der Waals surface area contributed by atoms with Gasteiger partial charge in [-0.25, -0.2) is 0 Å². The van der Waals surface area contributed by atoms with Gasteiger partial charge in [-0.15, -0.1) is 0 Å². The summed E-state index contributed by atoms with van der Waals surface area (Å²) >= 11 is 0. The zero-order valence-electron chi connectivity index (χ0n) is 24.0. The Kier molecular flexibility index (Phi) is 5.16. The first kappa shape index (κ1) is 24.7. The normalized spacial score (nSPS) is 55.7. The highest BCUT2D eigenvalue weighted by Gasteiger charge is 2.72. The molecule has 2 bridgehead atoms.